The minimum absolute atomic E-state index is 0.533. The second-order valence-corrected chi connectivity index (χ2v) is 3.57. The van der Waals surface area contributed by atoms with Crippen LogP contribution in [0, 0.1) is 11.8 Å². The Bertz CT molecular complexity index is 90.9. The molecule has 0 unspecified atom stereocenters. The highest BCUT2D eigenvalue weighted by atomic mass is 14.7. The van der Waals surface area contributed by atoms with E-state index in [0.29, 0.717) is 6.04 Å². The van der Waals surface area contributed by atoms with Gasteiger partial charge in [-0.05, 0) is 24.7 Å². The Kier molecular flexibility index (Phi) is 2.72. The number of hydrogen-bond acceptors (Lipinski definition) is 1. The molecule has 0 aromatic carbocycles. The van der Waals surface area contributed by atoms with Gasteiger partial charge in [-0.25, -0.2) is 0 Å². The van der Waals surface area contributed by atoms with Crippen LogP contribution in [0.15, 0.2) is 0 Å². The largest absolute Gasteiger partial charge is 0.328 e. The molecule has 1 heteroatoms. The molecule has 1 nitrogen and oxygen atoms in total. The second kappa shape index (κ2) is 3.38. The molecule has 1 fully saturated rings. The first-order chi connectivity index (χ1) is 4.77. The van der Waals surface area contributed by atoms with Gasteiger partial charge in [-0.1, -0.05) is 26.7 Å². The fraction of sp³-hybridized carbons (Fsp3) is 1.00. The molecule has 0 aromatic rings. The summed E-state index contributed by atoms with van der Waals surface area (Å²) in [5.74, 6) is 1.92. The number of hydrogen-bond donors (Lipinski definition) is 1. The lowest BCUT2D eigenvalue weighted by atomic mass is 9.71. The van der Waals surface area contributed by atoms with Crippen molar-refractivity contribution in [1.29, 1.82) is 0 Å². The Morgan fingerprint density at radius 3 is 2.10 bits per heavy atom. The highest BCUT2D eigenvalue weighted by molar-refractivity contribution is 4.85. The van der Waals surface area contributed by atoms with Gasteiger partial charge in [0.25, 0.3) is 0 Å². The first-order valence-corrected chi connectivity index (χ1v) is 4.53. The monoisotopic (exact) mass is 141 g/mol. The Morgan fingerprint density at radius 1 is 1.30 bits per heavy atom. The van der Waals surface area contributed by atoms with Crippen LogP contribution in [0.25, 0.3) is 0 Å². The summed E-state index contributed by atoms with van der Waals surface area (Å²) in [7, 11) is 0. The maximum Gasteiger partial charge on any atom is 0.00443 e. The van der Waals surface area contributed by atoms with E-state index in [2.05, 4.69) is 13.8 Å². The van der Waals surface area contributed by atoms with Crippen molar-refractivity contribution in [3.8, 4) is 0 Å². The first-order valence-electron chi connectivity index (χ1n) is 4.53. The van der Waals surface area contributed by atoms with Gasteiger partial charge in [-0.2, -0.15) is 0 Å². The summed E-state index contributed by atoms with van der Waals surface area (Å²) in [6.07, 6.45) is 5.25. The molecule has 0 spiro atoms. The van der Waals surface area contributed by atoms with Crippen LogP contribution in [0.1, 0.15) is 39.5 Å². The Balaban J connectivity index is 2.21. The summed E-state index contributed by atoms with van der Waals surface area (Å²) >= 11 is 0. The average Bonchev–Trinajstić information content (AvgIpc) is 1.87. The lowest BCUT2D eigenvalue weighted by Gasteiger charge is -2.37. The minimum atomic E-state index is 0.533. The summed E-state index contributed by atoms with van der Waals surface area (Å²) in [6.45, 7) is 4.58. The fourth-order valence-electron chi connectivity index (χ4n) is 2.05. The van der Waals surface area contributed by atoms with Crippen LogP contribution in [-0.4, -0.2) is 6.04 Å². The van der Waals surface area contributed by atoms with E-state index in [9.17, 15) is 0 Å². The Hall–Kier alpha value is -0.0400. The minimum Gasteiger partial charge on any atom is -0.328 e. The second-order valence-electron chi connectivity index (χ2n) is 3.57. The molecule has 0 amide bonds. The van der Waals surface area contributed by atoms with E-state index < -0.39 is 0 Å². The lowest BCUT2D eigenvalue weighted by molar-refractivity contribution is 0.166. The van der Waals surface area contributed by atoms with Gasteiger partial charge in [0.1, 0.15) is 0 Å². The molecule has 1 aliphatic rings. The quantitative estimate of drug-likeness (QED) is 0.640. The van der Waals surface area contributed by atoms with E-state index in [1.54, 1.807) is 0 Å². The third kappa shape index (κ3) is 1.51. The SMILES string of the molecule is CCC(CC)C1CC(N)C1. The predicted molar refractivity (Wildman–Crippen MR) is 44.8 cm³/mol. The predicted octanol–water partition coefficient (Wildman–Crippen LogP) is 2.16. The molecule has 2 N–H and O–H groups in total. The van der Waals surface area contributed by atoms with E-state index in [-0.39, 0.29) is 0 Å². The van der Waals surface area contributed by atoms with E-state index in [4.69, 9.17) is 5.73 Å². The van der Waals surface area contributed by atoms with Gasteiger partial charge >= 0.3 is 0 Å². The van der Waals surface area contributed by atoms with Crippen molar-refractivity contribution >= 4 is 0 Å². The van der Waals surface area contributed by atoms with E-state index >= 15 is 0 Å². The van der Waals surface area contributed by atoms with Gasteiger partial charge in [0.05, 0.1) is 0 Å². The molecule has 0 atom stereocenters. The maximum atomic E-state index is 5.72. The molecule has 0 heterocycles. The van der Waals surface area contributed by atoms with Crippen LogP contribution in [0.3, 0.4) is 0 Å². The van der Waals surface area contributed by atoms with E-state index in [1.807, 2.05) is 0 Å². The maximum absolute atomic E-state index is 5.72. The molecule has 0 aliphatic heterocycles. The van der Waals surface area contributed by atoms with Crippen molar-refractivity contribution in [3.63, 3.8) is 0 Å². The average molecular weight is 141 g/mol. The van der Waals surface area contributed by atoms with Crippen LogP contribution in [0.5, 0.6) is 0 Å². The normalized spacial score (nSPS) is 32.4. The van der Waals surface area contributed by atoms with Crippen LogP contribution < -0.4 is 5.73 Å². The van der Waals surface area contributed by atoms with Gasteiger partial charge in [-0.15, -0.1) is 0 Å². The Labute approximate surface area is 64.0 Å². The molecule has 10 heavy (non-hydrogen) atoms. The van der Waals surface area contributed by atoms with Crippen molar-refractivity contribution in [1.82, 2.24) is 0 Å². The zero-order valence-electron chi connectivity index (χ0n) is 7.14. The van der Waals surface area contributed by atoms with Gasteiger partial charge in [0, 0.05) is 6.04 Å². The topological polar surface area (TPSA) is 26.0 Å². The molecule has 0 saturated heterocycles. The van der Waals surface area contributed by atoms with E-state index in [0.717, 1.165) is 11.8 Å². The molecule has 0 aromatic heterocycles. The fourth-order valence-corrected chi connectivity index (χ4v) is 2.05. The zero-order chi connectivity index (χ0) is 7.56. The summed E-state index contributed by atoms with van der Waals surface area (Å²) in [5.41, 5.74) is 5.72. The summed E-state index contributed by atoms with van der Waals surface area (Å²) in [6, 6.07) is 0.533. The summed E-state index contributed by atoms with van der Waals surface area (Å²) in [5, 5.41) is 0. The van der Waals surface area contributed by atoms with Crippen molar-refractivity contribution in [2.45, 2.75) is 45.6 Å². The highest BCUT2D eigenvalue weighted by Gasteiger charge is 2.30. The van der Waals surface area contributed by atoms with Gasteiger partial charge in [-0.3, -0.25) is 0 Å². The smallest absolute Gasteiger partial charge is 0.00443 e. The molecule has 0 bridgehead atoms. The van der Waals surface area contributed by atoms with Crippen LogP contribution >= 0.6 is 0 Å². The number of rotatable bonds is 3. The molecular formula is C9H19N. The Morgan fingerprint density at radius 2 is 1.80 bits per heavy atom. The lowest BCUT2D eigenvalue weighted by Crippen LogP contribution is -2.39. The van der Waals surface area contributed by atoms with Crippen LogP contribution in [-0.2, 0) is 0 Å². The highest BCUT2D eigenvalue weighted by Crippen LogP contribution is 2.35. The molecule has 1 saturated carbocycles. The van der Waals surface area contributed by atoms with E-state index in [1.165, 1.54) is 25.7 Å². The molecule has 60 valence electrons. The molecule has 0 radical (unpaired) electrons. The van der Waals surface area contributed by atoms with Gasteiger partial charge in [0.2, 0.25) is 0 Å². The molecule has 1 rings (SSSR count). The zero-order valence-corrected chi connectivity index (χ0v) is 7.14. The van der Waals surface area contributed by atoms with Crippen LogP contribution in [0.2, 0.25) is 0 Å². The van der Waals surface area contributed by atoms with Crippen LogP contribution in [0.4, 0.5) is 0 Å². The molecule has 1 aliphatic carbocycles. The third-order valence-electron chi connectivity index (χ3n) is 2.93. The standard InChI is InChI=1S/C9H19N/c1-3-7(4-2)8-5-9(10)6-8/h7-9H,3-6,10H2,1-2H3. The van der Waals surface area contributed by atoms with Crippen molar-refractivity contribution in [2.24, 2.45) is 17.6 Å². The van der Waals surface area contributed by atoms with Crippen molar-refractivity contribution in [2.75, 3.05) is 0 Å². The molecular weight excluding hydrogens is 122 g/mol. The summed E-state index contributed by atoms with van der Waals surface area (Å²) < 4.78 is 0. The van der Waals surface area contributed by atoms with Gasteiger partial charge < -0.3 is 5.73 Å². The third-order valence-corrected chi connectivity index (χ3v) is 2.93. The number of nitrogens with two attached hydrogens (primary N) is 1. The van der Waals surface area contributed by atoms with Gasteiger partial charge in [0.15, 0.2) is 0 Å². The first kappa shape index (κ1) is 8.06. The van der Waals surface area contributed by atoms with Crippen molar-refractivity contribution in [3.05, 3.63) is 0 Å². The van der Waals surface area contributed by atoms with Crippen molar-refractivity contribution < 1.29 is 0 Å². The summed E-state index contributed by atoms with van der Waals surface area (Å²) in [4.78, 5) is 0.